The number of aryl methyl sites for hydroxylation is 1. The van der Waals surface area contributed by atoms with Crippen LogP contribution in [0.1, 0.15) is 25.3 Å². The predicted octanol–water partition coefficient (Wildman–Crippen LogP) is 3.30. The molecular weight excluding hydrogens is 302 g/mol. The van der Waals surface area contributed by atoms with E-state index >= 15 is 0 Å². The van der Waals surface area contributed by atoms with Crippen LogP contribution in [-0.2, 0) is 9.53 Å². The second-order valence-electron chi connectivity index (χ2n) is 5.65. The lowest BCUT2D eigenvalue weighted by Crippen LogP contribution is -2.39. The summed E-state index contributed by atoms with van der Waals surface area (Å²) in [4.78, 5) is 14.0. The zero-order valence-corrected chi connectivity index (χ0v) is 14.1. The number of nitrogens with zero attached hydrogens (tertiary/aromatic N) is 1. The minimum atomic E-state index is -0.0510. The van der Waals surface area contributed by atoms with Crippen LogP contribution in [0.15, 0.2) is 18.2 Å². The first-order valence-corrected chi connectivity index (χ1v) is 8.26. The fraction of sp³-hybridized carbons (Fsp3) is 0.588. The van der Waals surface area contributed by atoms with E-state index < -0.39 is 0 Å². The number of rotatable bonds is 6. The molecule has 0 spiro atoms. The van der Waals surface area contributed by atoms with E-state index in [0.29, 0.717) is 18.2 Å². The Morgan fingerprint density at radius 1 is 1.36 bits per heavy atom. The Morgan fingerprint density at radius 2 is 2.09 bits per heavy atom. The van der Waals surface area contributed by atoms with Gasteiger partial charge in [-0.15, -0.1) is 0 Å². The average Bonchev–Trinajstić information content (AvgIpc) is 2.51. The minimum Gasteiger partial charge on any atom is -0.491 e. The van der Waals surface area contributed by atoms with Crippen molar-refractivity contribution in [2.45, 2.75) is 26.7 Å². The van der Waals surface area contributed by atoms with Crippen LogP contribution in [0.3, 0.4) is 0 Å². The zero-order valence-electron chi connectivity index (χ0n) is 13.3. The summed E-state index contributed by atoms with van der Waals surface area (Å²) in [5, 5.41) is 0.645. The number of carbonyl (C=O) groups excluding carboxylic acids is 1. The molecule has 1 aromatic rings. The van der Waals surface area contributed by atoms with Crippen molar-refractivity contribution in [3.8, 4) is 5.75 Å². The molecule has 0 bridgehead atoms. The molecular formula is C17H24ClNO3. The zero-order chi connectivity index (χ0) is 15.9. The van der Waals surface area contributed by atoms with Crippen LogP contribution >= 0.6 is 11.6 Å². The van der Waals surface area contributed by atoms with E-state index in [4.69, 9.17) is 21.1 Å². The highest BCUT2D eigenvalue weighted by molar-refractivity contribution is 6.32. The van der Waals surface area contributed by atoms with Crippen LogP contribution in [0.4, 0.5) is 0 Å². The number of hydrogen-bond acceptors (Lipinski definition) is 4. The molecule has 1 aliphatic heterocycles. The van der Waals surface area contributed by atoms with E-state index in [0.717, 1.165) is 43.8 Å². The third-order valence-corrected chi connectivity index (χ3v) is 4.27. The third kappa shape index (κ3) is 4.89. The van der Waals surface area contributed by atoms with Gasteiger partial charge in [-0.25, -0.2) is 0 Å². The van der Waals surface area contributed by atoms with Crippen LogP contribution in [-0.4, -0.2) is 43.7 Å². The summed E-state index contributed by atoms with van der Waals surface area (Å²) in [5.74, 6) is 0.747. The highest BCUT2D eigenvalue weighted by Gasteiger charge is 2.25. The summed E-state index contributed by atoms with van der Waals surface area (Å²) in [7, 11) is 0. The number of likely N-dealkylation sites (tertiary alicyclic amines) is 1. The molecule has 5 heteroatoms. The van der Waals surface area contributed by atoms with Crippen molar-refractivity contribution in [3.05, 3.63) is 28.8 Å². The van der Waals surface area contributed by atoms with E-state index in [1.54, 1.807) is 0 Å². The van der Waals surface area contributed by atoms with E-state index in [2.05, 4.69) is 4.90 Å². The van der Waals surface area contributed by atoms with Crippen molar-refractivity contribution in [2.75, 3.05) is 32.8 Å². The Labute approximate surface area is 137 Å². The molecule has 1 aromatic carbocycles. The Hall–Kier alpha value is -1.26. The van der Waals surface area contributed by atoms with Gasteiger partial charge in [-0.3, -0.25) is 9.69 Å². The van der Waals surface area contributed by atoms with Crippen LogP contribution in [0.5, 0.6) is 5.75 Å². The van der Waals surface area contributed by atoms with Gasteiger partial charge in [0.15, 0.2) is 0 Å². The quantitative estimate of drug-likeness (QED) is 0.752. The highest BCUT2D eigenvalue weighted by Crippen LogP contribution is 2.25. The minimum absolute atomic E-state index is 0.0510. The number of piperidine rings is 1. The molecule has 122 valence electrons. The molecule has 1 heterocycles. The Morgan fingerprint density at radius 3 is 2.77 bits per heavy atom. The standard InChI is InChI=1S/C17H24ClNO3/c1-3-21-17(20)14-6-8-19(9-7-14)10-11-22-16-12-13(2)4-5-15(16)18/h4-5,12,14H,3,6-11H2,1-2H3. The molecule has 0 N–H and O–H groups in total. The van der Waals surface area contributed by atoms with Gasteiger partial charge in [0.1, 0.15) is 12.4 Å². The van der Waals surface area contributed by atoms with Crippen LogP contribution < -0.4 is 4.74 Å². The number of ether oxygens (including phenoxy) is 2. The number of esters is 1. The van der Waals surface area contributed by atoms with Crippen LogP contribution in [0.25, 0.3) is 0 Å². The molecule has 1 saturated heterocycles. The SMILES string of the molecule is CCOC(=O)C1CCN(CCOc2cc(C)ccc2Cl)CC1. The Bertz CT molecular complexity index is 499. The van der Waals surface area contributed by atoms with Crippen molar-refractivity contribution in [3.63, 3.8) is 0 Å². The van der Waals surface area contributed by atoms with Crippen molar-refractivity contribution in [1.82, 2.24) is 4.90 Å². The number of hydrogen-bond donors (Lipinski definition) is 0. The lowest BCUT2D eigenvalue weighted by molar-refractivity contribution is -0.149. The summed E-state index contributed by atoms with van der Waals surface area (Å²) in [5.41, 5.74) is 1.13. The maximum absolute atomic E-state index is 11.7. The topological polar surface area (TPSA) is 38.8 Å². The van der Waals surface area contributed by atoms with Gasteiger partial charge in [-0.1, -0.05) is 17.7 Å². The fourth-order valence-corrected chi connectivity index (χ4v) is 2.83. The van der Waals surface area contributed by atoms with Crippen LogP contribution in [0, 0.1) is 12.8 Å². The average molecular weight is 326 g/mol. The molecule has 1 aliphatic rings. The summed E-state index contributed by atoms with van der Waals surface area (Å²) in [6.45, 7) is 7.60. The molecule has 0 atom stereocenters. The van der Waals surface area contributed by atoms with E-state index in [-0.39, 0.29) is 11.9 Å². The van der Waals surface area contributed by atoms with E-state index in [1.165, 1.54) is 0 Å². The lowest BCUT2D eigenvalue weighted by atomic mass is 9.97. The second kappa shape index (κ2) is 8.39. The molecule has 22 heavy (non-hydrogen) atoms. The third-order valence-electron chi connectivity index (χ3n) is 3.96. The smallest absolute Gasteiger partial charge is 0.309 e. The number of carbonyl (C=O) groups is 1. The van der Waals surface area contributed by atoms with Gasteiger partial charge in [-0.2, -0.15) is 0 Å². The van der Waals surface area contributed by atoms with Crippen molar-refractivity contribution in [2.24, 2.45) is 5.92 Å². The van der Waals surface area contributed by atoms with Crippen molar-refractivity contribution in [1.29, 1.82) is 0 Å². The molecule has 4 nitrogen and oxygen atoms in total. The largest absolute Gasteiger partial charge is 0.491 e. The molecule has 0 unspecified atom stereocenters. The fourth-order valence-electron chi connectivity index (χ4n) is 2.66. The molecule has 0 amide bonds. The van der Waals surface area contributed by atoms with Gasteiger partial charge in [-0.05, 0) is 57.5 Å². The first-order valence-electron chi connectivity index (χ1n) is 7.88. The second-order valence-corrected chi connectivity index (χ2v) is 6.06. The first-order chi connectivity index (χ1) is 10.6. The van der Waals surface area contributed by atoms with Gasteiger partial charge in [0.25, 0.3) is 0 Å². The maximum atomic E-state index is 11.7. The molecule has 0 aliphatic carbocycles. The summed E-state index contributed by atoms with van der Waals surface area (Å²) >= 11 is 6.11. The first kappa shape index (κ1) is 17.1. The molecule has 0 saturated carbocycles. The predicted molar refractivity (Wildman–Crippen MR) is 87.5 cm³/mol. The summed E-state index contributed by atoms with van der Waals surface area (Å²) < 4.78 is 10.9. The monoisotopic (exact) mass is 325 g/mol. The molecule has 0 aromatic heterocycles. The van der Waals surface area contributed by atoms with Crippen molar-refractivity contribution < 1.29 is 14.3 Å². The van der Waals surface area contributed by atoms with Gasteiger partial charge >= 0.3 is 5.97 Å². The molecule has 1 fully saturated rings. The molecule has 0 radical (unpaired) electrons. The normalized spacial score (nSPS) is 16.5. The number of benzene rings is 1. The molecule has 2 rings (SSSR count). The van der Waals surface area contributed by atoms with Crippen LogP contribution in [0.2, 0.25) is 5.02 Å². The van der Waals surface area contributed by atoms with Crippen molar-refractivity contribution >= 4 is 17.6 Å². The van der Waals surface area contributed by atoms with Gasteiger partial charge < -0.3 is 9.47 Å². The number of halogens is 1. The van der Waals surface area contributed by atoms with Gasteiger partial charge in [0, 0.05) is 6.54 Å². The Balaban J connectivity index is 1.71. The Kier molecular flexibility index (Phi) is 6.52. The highest BCUT2D eigenvalue weighted by atomic mass is 35.5. The van der Waals surface area contributed by atoms with E-state index in [1.807, 2.05) is 32.0 Å². The maximum Gasteiger partial charge on any atom is 0.309 e. The van der Waals surface area contributed by atoms with Gasteiger partial charge in [0.2, 0.25) is 0 Å². The van der Waals surface area contributed by atoms with E-state index in [9.17, 15) is 4.79 Å². The lowest BCUT2D eigenvalue weighted by Gasteiger charge is -2.30. The summed E-state index contributed by atoms with van der Waals surface area (Å²) in [6.07, 6.45) is 1.73. The van der Waals surface area contributed by atoms with Gasteiger partial charge in [0.05, 0.1) is 17.5 Å². The summed E-state index contributed by atoms with van der Waals surface area (Å²) in [6, 6.07) is 5.78.